The Morgan fingerprint density at radius 1 is 1.04 bits per heavy atom. The summed E-state index contributed by atoms with van der Waals surface area (Å²) in [5.41, 5.74) is 1.04. The first-order valence-electron chi connectivity index (χ1n) is 8.81. The molecule has 0 saturated heterocycles. The Kier molecular flexibility index (Phi) is 4.42. The van der Waals surface area contributed by atoms with Crippen LogP contribution in [0.3, 0.4) is 0 Å². The molecule has 5 nitrogen and oxygen atoms in total. The topological polar surface area (TPSA) is 79.3 Å². The van der Waals surface area contributed by atoms with E-state index in [1.807, 2.05) is 54.6 Å². The van der Waals surface area contributed by atoms with Crippen molar-refractivity contribution >= 4 is 22.5 Å². The van der Waals surface area contributed by atoms with Gasteiger partial charge in [0, 0.05) is 11.6 Å². The molecule has 1 aliphatic heterocycles. The summed E-state index contributed by atoms with van der Waals surface area (Å²) >= 11 is 0. The number of fused-ring (bicyclic) bond motifs is 1. The molecule has 2 heterocycles. The van der Waals surface area contributed by atoms with E-state index in [0.29, 0.717) is 12.8 Å². The van der Waals surface area contributed by atoms with Gasteiger partial charge in [0.2, 0.25) is 5.78 Å². The van der Waals surface area contributed by atoms with Crippen molar-refractivity contribution in [3.63, 3.8) is 0 Å². The molecule has 0 spiro atoms. The van der Waals surface area contributed by atoms with Gasteiger partial charge < -0.3 is 10.4 Å². The van der Waals surface area contributed by atoms with Crippen LogP contribution in [0.2, 0.25) is 0 Å². The molecule has 1 aliphatic rings. The average Bonchev–Trinajstić information content (AvgIpc) is 2.99. The number of rotatable bonds is 5. The van der Waals surface area contributed by atoms with Gasteiger partial charge in [-0.2, -0.15) is 0 Å². The highest BCUT2D eigenvalue weighted by molar-refractivity contribution is 6.27. The molecule has 0 bridgehead atoms. The zero-order valence-corrected chi connectivity index (χ0v) is 14.6. The van der Waals surface area contributed by atoms with Crippen LogP contribution in [0.1, 0.15) is 22.5 Å². The van der Waals surface area contributed by atoms with Crippen LogP contribution in [0.15, 0.2) is 78.2 Å². The highest BCUT2D eigenvalue weighted by Gasteiger charge is 2.36. The lowest BCUT2D eigenvalue weighted by Gasteiger charge is -2.10. The zero-order valence-electron chi connectivity index (χ0n) is 14.6. The van der Waals surface area contributed by atoms with Crippen molar-refractivity contribution in [2.45, 2.75) is 18.9 Å². The number of ketones is 1. The largest absolute Gasteiger partial charge is 0.509 e. The molecule has 134 valence electrons. The van der Waals surface area contributed by atoms with Crippen LogP contribution >= 0.6 is 0 Å². The molecule has 0 fully saturated rings. The number of nitrogens with one attached hydrogen (secondary N) is 1. The number of pyridine rings is 1. The van der Waals surface area contributed by atoms with E-state index in [1.54, 1.807) is 12.3 Å². The minimum absolute atomic E-state index is 0.147. The molecule has 3 aromatic rings. The zero-order chi connectivity index (χ0) is 18.8. The van der Waals surface area contributed by atoms with Gasteiger partial charge in [-0.05, 0) is 29.9 Å². The maximum Gasteiger partial charge on any atom is 0.259 e. The second kappa shape index (κ2) is 7.03. The van der Waals surface area contributed by atoms with Gasteiger partial charge in [0.25, 0.3) is 5.91 Å². The van der Waals surface area contributed by atoms with E-state index in [1.165, 1.54) is 0 Å². The minimum Gasteiger partial charge on any atom is -0.509 e. The third kappa shape index (κ3) is 3.31. The minimum atomic E-state index is -0.558. The SMILES string of the molecule is O=C1NC(CCc2ccccc2)C(O)=C1C(=O)c1cc2ccccc2cn1. The number of aliphatic hydroxyl groups is 1. The molecule has 1 aromatic heterocycles. The van der Waals surface area contributed by atoms with Crippen LogP contribution in [-0.4, -0.2) is 27.8 Å². The molecule has 0 saturated carbocycles. The van der Waals surface area contributed by atoms with E-state index in [-0.39, 0.29) is 17.0 Å². The number of aromatic nitrogens is 1. The summed E-state index contributed by atoms with van der Waals surface area (Å²) < 4.78 is 0. The van der Waals surface area contributed by atoms with Gasteiger partial charge in [0.1, 0.15) is 17.0 Å². The predicted molar refractivity (Wildman–Crippen MR) is 102 cm³/mol. The van der Waals surface area contributed by atoms with Crippen molar-refractivity contribution in [3.8, 4) is 0 Å². The smallest absolute Gasteiger partial charge is 0.259 e. The third-order valence-corrected chi connectivity index (χ3v) is 4.77. The maximum absolute atomic E-state index is 12.8. The highest BCUT2D eigenvalue weighted by Crippen LogP contribution is 2.23. The summed E-state index contributed by atoms with van der Waals surface area (Å²) in [4.78, 5) is 29.3. The number of carbonyl (C=O) groups is 2. The number of Topliss-reactive ketones (excluding diaryl/α,β-unsaturated/α-hetero) is 1. The molecule has 4 rings (SSSR count). The van der Waals surface area contributed by atoms with Gasteiger partial charge in [-0.1, -0.05) is 54.6 Å². The predicted octanol–water partition coefficient (Wildman–Crippen LogP) is 3.36. The van der Waals surface area contributed by atoms with Crippen molar-refractivity contribution in [1.29, 1.82) is 0 Å². The first-order chi connectivity index (χ1) is 13.1. The van der Waals surface area contributed by atoms with Crippen LogP contribution in [0.5, 0.6) is 0 Å². The van der Waals surface area contributed by atoms with Crippen molar-refractivity contribution in [2.24, 2.45) is 0 Å². The Balaban J connectivity index is 1.57. The van der Waals surface area contributed by atoms with Crippen LogP contribution < -0.4 is 5.32 Å². The summed E-state index contributed by atoms with van der Waals surface area (Å²) in [5, 5.41) is 15.0. The van der Waals surface area contributed by atoms with Crippen molar-refractivity contribution in [1.82, 2.24) is 10.3 Å². The third-order valence-electron chi connectivity index (χ3n) is 4.77. The molecule has 1 unspecified atom stereocenters. The van der Waals surface area contributed by atoms with Crippen LogP contribution in [0, 0.1) is 0 Å². The summed E-state index contributed by atoms with van der Waals surface area (Å²) in [6.07, 6.45) is 2.80. The van der Waals surface area contributed by atoms with Gasteiger partial charge in [-0.3, -0.25) is 14.6 Å². The first-order valence-corrected chi connectivity index (χ1v) is 8.81. The second-order valence-electron chi connectivity index (χ2n) is 6.56. The molecule has 1 amide bonds. The Morgan fingerprint density at radius 3 is 2.52 bits per heavy atom. The average molecular weight is 358 g/mol. The fourth-order valence-corrected chi connectivity index (χ4v) is 3.31. The summed E-state index contributed by atoms with van der Waals surface area (Å²) in [6, 6.07) is 18.4. The Morgan fingerprint density at radius 2 is 1.74 bits per heavy atom. The molecule has 2 N–H and O–H groups in total. The van der Waals surface area contributed by atoms with E-state index in [0.717, 1.165) is 16.3 Å². The van der Waals surface area contributed by atoms with Crippen molar-refractivity contribution in [2.75, 3.05) is 0 Å². The van der Waals surface area contributed by atoms with E-state index < -0.39 is 17.7 Å². The van der Waals surface area contributed by atoms with Crippen LogP contribution in [0.4, 0.5) is 0 Å². The first kappa shape index (κ1) is 17.0. The van der Waals surface area contributed by atoms with Gasteiger partial charge >= 0.3 is 0 Å². The molecule has 0 radical (unpaired) electrons. The Labute approximate surface area is 156 Å². The standard InChI is InChI=1S/C22H18N2O3/c25-20-17(11-10-14-6-2-1-3-7-14)24-22(27)19(20)21(26)18-12-15-8-4-5-9-16(15)13-23-18/h1-9,12-13,17,25H,10-11H2,(H,24,27). The Hall–Kier alpha value is -3.47. The second-order valence-corrected chi connectivity index (χ2v) is 6.56. The van der Waals surface area contributed by atoms with Crippen molar-refractivity contribution in [3.05, 3.63) is 89.5 Å². The monoisotopic (exact) mass is 358 g/mol. The number of benzene rings is 2. The number of amides is 1. The van der Waals surface area contributed by atoms with Gasteiger partial charge in [-0.25, -0.2) is 0 Å². The lowest BCUT2D eigenvalue weighted by molar-refractivity contribution is -0.116. The molecule has 2 aromatic carbocycles. The molecule has 27 heavy (non-hydrogen) atoms. The number of aliphatic hydroxyl groups excluding tert-OH is 1. The van der Waals surface area contributed by atoms with E-state index in [4.69, 9.17) is 0 Å². The molecule has 5 heteroatoms. The maximum atomic E-state index is 12.8. The summed E-state index contributed by atoms with van der Waals surface area (Å²) in [5.74, 6) is -1.31. The fraction of sp³-hybridized carbons (Fsp3) is 0.136. The summed E-state index contributed by atoms with van der Waals surface area (Å²) in [6.45, 7) is 0. The number of hydrogen-bond acceptors (Lipinski definition) is 4. The van der Waals surface area contributed by atoms with E-state index in [9.17, 15) is 14.7 Å². The lowest BCUT2D eigenvalue weighted by atomic mass is 10.0. The number of carbonyl (C=O) groups excluding carboxylic acids is 2. The van der Waals surface area contributed by atoms with Gasteiger partial charge in [0.05, 0.1) is 6.04 Å². The number of hydrogen-bond donors (Lipinski definition) is 2. The van der Waals surface area contributed by atoms with Gasteiger partial charge in [0.15, 0.2) is 0 Å². The van der Waals surface area contributed by atoms with E-state index >= 15 is 0 Å². The molecular formula is C22H18N2O3. The van der Waals surface area contributed by atoms with Gasteiger partial charge in [-0.15, -0.1) is 0 Å². The van der Waals surface area contributed by atoms with Crippen molar-refractivity contribution < 1.29 is 14.7 Å². The van der Waals surface area contributed by atoms with E-state index in [2.05, 4.69) is 10.3 Å². The van der Waals surface area contributed by atoms with Crippen LogP contribution in [0.25, 0.3) is 10.8 Å². The number of aryl methyl sites for hydroxylation is 1. The molecular weight excluding hydrogens is 340 g/mol. The fourth-order valence-electron chi connectivity index (χ4n) is 3.31. The summed E-state index contributed by atoms with van der Waals surface area (Å²) in [7, 11) is 0. The van der Waals surface area contributed by atoms with Crippen LogP contribution in [-0.2, 0) is 11.2 Å². The highest BCUT2D eigenvalue weighted by atomic mass is 16.3. The Bertz CT molecular complexity index is 1060. The molecule has 1 atom stereocenters. The lowest BCUT2D eigenvalue weighted by Crippen LogP contribution is -2.30. The molecule has 0 aliphatic carbocycles. The number of nitrogens with zero attached hydrogens (tertiary/aromatic N) is 1. The normalized spacial score (nSPS) is 16.6. The quantitative estimate of drug-likeness (QED) is 0.541.